The maximum absolute atomic E-state index is 9.80. The van der Waals surface area contributed by atoms with Crippen LogP contribution in [0.25, 0.3) is 0 Å². The second-order valence-corrected chi connectivity index (χ2v) is 4.45. The Morgan fingerprint density at radius 2 is 2.25 bits per heavy atom. The molecular weight excluding hydrogens is 202 g/mol. The van der Waals surface area contributed by atoms with Gasteiger partial charge in [0.15, 0.2) is 0 Å². The fourth-order valence-electron chi connectivity index (χ4n) is 2.26. The molecule has 1 aliphatic heterocycles. The number of phenolic OH excluding ortho intramolecular Hbond substituents is 1. The first-order chi connectivity index (χ1) is 7.74. The lowest BCUT2D eigenvalue weighted by Crippen LogP contribution is -2.20. The highest BCUT2D eigenvalue weighted by atomic mass is 16.3. The molecule has 0 aliphatic carbocycles. The first-order valence-electron chi connectivity index (χ1n) is 5.92. The summed E-state index contributed by atoms with van der Waals surface area (Å²) in [7, 11) is 0. The third-order valence-corrected chi connectivity index (χ3v) is 3.36. The largest absolute Gasteiger partial charge is 0.508 e. The van der Waals surface area contributed by atoms with E-state index in [2.05, 4.69) is 11.0 Å². The molecule has 0 aromatic heterocycles. The highest BCUT2D eigenvalue weighted by molar-refractivity contribution is 5.54. The van der Waals surface area contributed by atoms with Crippen molar-refractivity contribution >= 4 is 5.69 Å². The normalized spacial score (nSPS) is 20.4. The summed E-state index contributed by atoms with van der Waals surface area (Å²) in [5, 5.41) is 18.9. The number of aromatic hydroxyl groups is 1. The smallest absolute Gasteiger partial charge is 0.120 e. The Balaban J connectivity index is 2.13. The third-order valence-electron chi connectivity index (χ3n) is 3.36. The van der Waals surface area contributed by atoms with E-state index < -0.39 is 0 Å². The summed E-state index contributed by atoms with van der Waals surface area (Å²) in [5.41, 5.74) is 2.05. The molecular formula is C13H19NO2. The maximum Gasteiger partial charge on any atom is 0.120 e. The van der Waals surface area contributed by atoms with Crippen molar-refractivity contribution < 1.29 is 10.2 Å². The minimum atomic E-state index is 0.259. The van der Waals surface area contributed by atoms with Crippen LogP contribution in [0.3, 0.4) is 0 Å². The topological polar surface area (TPSA) is 43.7 Å². The molecule has 1 heterocycles. The Hall–Kier alpha value is -1.22. The molecule has 0 amide bonds. The zero-order chi connectivity index (χ0) is 11.5. The second-order valence-electron chi connectivity index (χ2n) is 4.45. The van der Waals surface area contributed by atoms with Crippen LogP contribution >= 0.6 is 0 Å². The molecule has 2 rings (SSSR count). The van der Waals surface area contributed by atoms with Gasteiger partial charge in [0.25, 0.3) is 0 Å². The van der Waals surface area contributed by atoms with Gasteiger partial charge in [0.05, 0.1) is 0 Å². The predicted octanol–water partition coefficient (Wildman–Crippen LogP) is 1.77. The van der Waals surface area contributed by atoms with Crippen molar-refractivity contribution in [2.75, 3.05) is 24.6 Å². The molecule has 0 spiro atoms. The van der Waals surface area contributed by atoms with Gasteiger partial charge in [-0.25, -0.2) is 0 Å². The Morgan fingerprint density at radius 1 is 1.44 bits per heavy atom. The molecule has 1 aromatic carbocycles. The fraction of sp³-hybridized carbons (Fsp3) is 0.538. The van der Waals surface area contributed by atoms with Gasteiger partial charge in [-0.3, -0.25) is 0 Å². The number of hydrogen-bond acceptors (Lipinski definition) is 3. The van der Waals surface area contributed by atoms with Gasteiger partial charge in [0.2, 0.25) is 0 Å². The Bertz CT molecular complexity index is 365. The van der Waals surface area contributed by atoms with E-state index in [0.717, 1.165) is 37.2 Å². The van der Waals surface area contributed by atoms with Gasteiger partial charge in [-0.2, -0.15) is 0 Å². The Kier molecular flexibility index (Phi) is 3.34. The molecule has 3 nitrogen and oxygen atoms in total. The average molecular weight is 221 g/mol. The van der Waals surface area contributed by atoms with E-state index >= 15 is 0 Å². The van der Waals surface area contributed by atoms with Crippen LogP contribution < -0.4 is 4.90 Å². The quantitative estimate of drug-likeness (QED) is 0.817. The van der Waals surface area contributed by atoms with Gasteiger partial charge in [-0.1, -0.05) is 13.0 Å². The van der Waals surface area contributed by atoms with E-state index in [4.69, 9.17) is 5.11 Å². The second kappa shape index (κ2) is 4.74. The molecule has 2 N–H and O–H groups in total. The average Bonchev–Trinajstić information content (AvgIpc) is 2.77. The lowest BCUT2D eigenvalue weighted by molar-refractivity contribution is 0.238. The van der Waals surface area contributed by atoms with Crippen molar-refractivity contribution in [1.29, 1.82) is 0 Å². The number of rotatable bonds is 3. The fourth-order valence-corrected chi connectivity index (χ4v) is 2.26. The monoisotopic (exact) mass is 221 g/mol. The summed E-state index contributed by atoms with van der Waals surface area (Å²) in [6.07, 6.45) is 1.89. The summed E-state index contributed by atoms with van der Waals surface area (Å²) >= 11 is 0. The number of benzene rings is 1. The molecule has 1 atom stereocenters. The summed E-state index contributed by atoms with van der Waals surface area (Å²) in [6, 6.07) is 5.87. The van der Waals surface area contributed by atoms with Crippen molar-refractivity contribution in [2.24, 2.45) is 5.92 Å². The summed E-state index contributed by atoms with van der Waals surface area (Å²) in [6.45, 7) is 4.15. The van der Waals surface area contributed by atoms with Crippen molar-refractivity contribution in [1.82, 2.24) is 0 Å². The van der Waals surface area contributed by atoms with Gasteiger partial charge in [0, 0.05) is 37.4 Å². The number of anilines is 1. The van der Waals surface area contributed by atoms with Crippen LogP contribution in [0, 0.1) is 5.92 Å². The highest BCUT2D eigenvalue weighted by Crippen LogP contribution is 2.28. The molecule has 1 saturated heterocycles. The van der Waals surface area contributed by atoms with E-state index in [1.807, 2.05) is 19.1 Å². The van der Waals surface area contributed by atoms with Crippen molar-refractivity contribution in [3.8, 4) is 5.75 Å². The number of phenols is 1. The number of aliphatic hydroxyl groups excluding tert-OH is 1. The summed E-state index contributed by atoms with van der Waals surface area (Å²) in [5.74, 6) is 0.764. The third kappa shape index (κ3) is 2.14. The van der Waals surface area contributed by atoms with Crippen molar-refractivity contribution in [3.05, 3.63) is 23.8 Å². The van der Waals surface area contributed by atoms with Gasteiger partial charge in [-0.15, -0.1) is 0 Å². The highest BCUT2D eigenvalue weighted by Gasteiger charge is 2.22. The van der Waals surface area contributed by atoms with E-state index in [-0.39, 0.29) is 6.61 Å². The number of aryl methyl sites for hydroxylation is 1. The molecule has 16 heavy (non-hydrogen) atoms. The molecule has 1 unspecified atom stereocenters. The van der Waals surface area contributed by atoms with Crippen LogP contribution in [-0.4, -0.2) is 29.9 Å². The minimum Gasteiger partial charge on any atom is -0.508 e. The summed E-state index contributed by atoms with van der Waals surface area (Å²) < 4.78 is 0. The van der Waals surface area contributed by atoms with Crippen LogP contribution in [0.4, 0.5) is 5.69 Å². The van der Waals surface area contributed by atoms with Gasteiger partial charge in [0.1, 0.15) is 5.75 Å². The van der Waals surface area contributed by atoms with E-state index in [1.54, 1.807) is 0 Å². The zero-order valence-electron chi connectivity index (χ0n) is 9.69. The van der Waals surface area contributed by atoms with E-state index in [1.165, 1.54) is 0 Å². The van der Waals surface area contributed by atoms with Crippen LogP contribution in [0.1, 0.15) is 18.9 Å². The van der Waals surface area contributed by atoms with Crippen molar-refractivity contribution in [2.45, 2.75) is 19.8 Å². The van der Waals surface area contributed by atoms with E-state index in [0.29, 0.717) is 11.7 Å². The minimum absolute atomic E-state index is 0.259. The molecule has 88 valence electrons. The number of nitrogens with zero attached hydrogens (tertiary/aromatic N) is 1. The van der Waals surface area contributed by atoms with Gasteiger partial charge < -0.3 is 15.1 Å². The first-order valence-corrected chi connectivity index (χ1v) is 5.92. The number of hydrogen-bond donors (Lipinski definition) is 2. The van der Waals surface area contributed by atoms with Gasteiger partial charge in [-0.05, 0) is 24.5 Å². The molecule has 1 aromatic rings. The summed E-state index contributed by atoms with van der Waals surface area (Å²) in [4.78, 5) is 2.22. The van der Waals surface area contributed by atoms with Crippen LogP contribution in [0.2, 0.25) is 0 Å². The van der Waals surface area contributed by atoms with Crippen molar-refractivity contribution in [3.63, 3.8) is 0 Å². The van der Waals surface area contributed by atoms with Crippen LogP contribution in [-0.2, 0) is 6.42 Å². The predicted molar refractivity (Wildman–Crippen MR) is 64.9 cm³/mol. The van der Waals surface area contributed by atoms with Crippen LogP contribution in [0.15, 0.2) is 18.2 Å². The zero-order valence-corrected chi connectivity index (χ0v) is 9.69. The lowest BCUT2D eigenvalue weighted by Gasteiger charge is -2.19. The Morgan fingerprint density at radius 3 is 2.81 bits per heavy atom. The van der Waals surface area contributed by atoms with Crippen LogP contribution in [0.5, 0.6) is 5.75 Å². The Labute approximate surface area is 96.3 Å². The maximum atomic E-state index is 9.80. The molecule has 0 bridgehead atoms. The first kappa shape index (κ1) is 11.3. The number of aliphatic hydroxyl groups is 1. The SMILES string of the molecule is CCc1ccc(N2CCC(CO)C2)cc1O. The molecule has 0 radical (unpaired) electrons. The molecule has 0 saturated carbocycles. The molecule has 3 heteroatoms. The molecule has 1 fully saturated rings. The standard InChI is InChI=1S/C13H19NO2/c1-2-11-3-4-12(7-13(11)16)14-6-5-10(8-14)9-15/h3-4,7,10,15-16H,2,5-6,8-9H2,1H3. The lowest BCUT2D eigenvalue weighted by atomic mass is 10.1. The molecule has 1 aliphatic rings. The van der Waals surface area contributed by atoms with E-state index in [9.17, 15) is 5.11 Å². The van der Waals surface area contributed by atoms with Gasteiger partial charge >= 0.3 is 0 Å².